The topological polar surface area (TPSA) is 149 Å². The molecule has 0 aliphatic heterocycles. The van der Waals surface area contributed by atoms with Crippen LogP contribution in [0.4, 0.5) is 5.82 Å². The molecule has 0 saturated heterocycles. The van der Waals surface area contributed by atoms with E-state index < -0.39 is 17.1 Å². The minimum Gasteiger partial charge on any atom is -0.434 e. The van der Waals surface area contributed by atoms with Crippen LogP contribution in [-0.2, 0) is 0 Å². The standard InChI is InChI=1S/C21H16Cl2N6O4/c1-9-3-4-11(5-10(9)2)13-8-16(26-27-19(13)30)33-17-14(22)6-12(7-15(17)23)29-21(32)25-20(31)18(24)28-29/h3-8H,1-2H3,(H2,24,28)(H,27,30)(H,25,31,32). The number of nitrogens with zero attached hydrogens (tertiary/aromatic N) is 3. The zero-order valence-corrected chi connectivity index (χ0v) is 18.8. The maximum absolute atomic E-state index is 12.3. The molecule has 0 fully saturated rings. The van der Waals surface area contributed by atoms with Gasteiger partial charge in [0.05, 0.1) is 21.3 Å². The first-order chi connectivity index (χ1) is 15.6. The maximum Gasteiger partial charge on any atom is 0.349 e. The second-order valence-corrected chi connectivity index (χ2v) is 7.96. The molecule has 0 radical (unpaired) electrons. The summed E-state index contributed by atoms with van der Waals surface area (Å²) in [6.45, 7) is 3.92. The third-order valence-corrected chi connectivity index (χ3v) is 5.45. The number of anilines is 1. The zero-order valence-electron chi connectivity index (χ0n) is 17.3. The fourth-order valence-corrected chi connectivity index (χ4v) is 3.57. The minimum absolute atomic E-state index is 0.0247. The first-order valence-electron chi connectivity index (χ1n) is 9.48. The molecule has 168 valence electrons. The fourth-order valence-electron chi connectivity index (χ4n) is 3.02. The molecular weight excluding hydrogens is 471 g/mol. The molecule has 0 atom stereocenters. The Balaban J connectivity index is 1.73. The summed E-state index contributed by atoms with van der Waals surface area (Å²) in [6.07, 6.45) is 0. The smallest absolute Gasteiger partial charge is 0.349 e. The number of nitrogen functional groups attached to an aromatic ring is 1. The lowest BCUT2D eigenvalue weighted by Gasteiger charge is -2.12. The number of ether oxygens (including phenoxy) is 1. The van der Waals surface area contributed by atoms with Crippen LogP contribution in [0.5, 0.6) is 11.6 Å². The second kappa shape index (κ2) is 8.57. The predicted molar refractivity (Wildman–Crippen MR) is 125 cm³/mol. The van der Waals surface area contributed by atoms with Crippen molar-refractivity contribution in [3.8, 4) is 28.4 Å². The highest BCUT2D eigenvalue weighted by Crippen LogP contribution is 2.37. The van der Waals surface area contributed by atoms with E-state index in [1.54, 1.807) is 0 Å². The monoisotopic (exact) mass is 486 g/mol. The molecule has 0 saturated carbocycles. The fraction of sp³-hybridized carbons (Fsp3) is 0.0952. The molecule has 4 aromatic rings. The Morgan fingerprint density at radius 2 is 1.67 bits per heavy atom. The van der Waals surface area contributed by atoms with Crippen molar-refractivity contribution in [2.75, 3.05) is 5.73 Å². The Bertz CT molecular complexity index is 1550. The van der Waals surface area contributed by atoms with E-state index in [1.807, 2.05) is 37.0 Å². The van der Waals surface area contributed by atoms with E-state index in [0.29, 0.717) is 11.1 Å². The van der Waals surface area contributed by atoms with E-state index in [4.69, 9.17) is 33.7 Å². The molecule has 0 bridgehead atoms. The van der Waals surface area contributed by atoms with Gasteiger partial charge in [-0.25, -0.2) is 9.89 Å². The molecule has 2 aromatic heterocycles. The number of hydrogen-bond donors (Lipinski definition) is 3. The average Bonchev–Trinajstić information content (AvgIpc) is 2.76. The van der Waals surface area contributed by atoms with Crippen molar-refractivity contribution in [1.82, 2.24) is 25.0 Å². The van der Waals surface area contributed by atoms with Gasteiger partial charge in [0.2, 0.25) is 11.7 Å². The number of nitrogens with two attached hydrogens (primary N) is 1. The molecule has 0 aliphatic carbocycles. The summed E-state index contributed by atoms with van der Waals surface area (Å²) in [5.74, 6) is -0.320. The molecule has 2 aromatic carbocycles. The van der Waals surface area contributed by atoms with Crippen LogP contribution in [0.1, 0.15) is 11.1 Å². The lowest BCUT2D eigenvalue weighted by Crippen LogP contribution is -2.33. The normalized spacial score (nSPS) is 10.9. The van der Waals surface area contributed by atoms with E-state index in [-0.39, 0.29) is 32.9 Å². The number of benzene rings is 2. The zero-order chi connectivity index (χ0) is 23.9. The number of halogens is 2. The molecule has 0 spiro atoms. The molecule has 2 heterocycles. The van der Waals surface area contributed by atoms with Gasteiger partial charge in [-0.3, -0.25) is 14.6 Å². The summed E-state index contributed by atoms with van der Waals surface area (Å²) in [5.41, 5.74) is 6.78. The van der Waals surface area contributed by atoms with Crippen LogP contribution in [0.25, 0.3) is 16.8 Å². The van der Waals surface area contributed by atoms with Gasteiger partial charge in [0.15, 0.2) is 5.75 Å². The molecule has 4 rings (SSSR count). The first kappa shape index (κ1) is 22.3. The first-order valence-corrected chi connectivity index (χ1v) is 10.2. The van der Waals surface area contributed by atoms with Gasteiger partial charge >= 0.3 is 5.69 Å². The minimum atomic E-state index is -0.824. The Labute approximate surface area is 195 Å². The summed E-state index contributed by atoms with van der Waals surface area (Å²) < 4.78 is 6.58. The van der Waals surface area contributed by atoms with E-state index in [9.17, 15) is 14.4 Å². The quantitative estimate of drug-likeness (QED) is 0.401. The SMILES string of the molecule is Cc1ccc(-c2cc(Oc3c(Cl)cc(-n4nc(N)c(=O)[nH]c4=O)cc3Cl)n[nH]c2=O)cc1C. The van der Waals surface area contributed by atoms with Crippen molar-refractivity contribution >= 4 is 29.0 Å². The van der Waals surface area contributed by atoms with Crippen molar-refractivity contribution in [2.24, 2.45) is 0 Å². The number of nitrogens with one attached hydrogen (secondary N) is 2. The maximum atomic E-state index is 12.3. The lowest BCUT2D eigenvalue weighted by atomic mass is 10.0. The van der Waals surface area contributed by atoms with Crippen LogP contribution >= 0.6 is 23.2 Å². The largest absolute Gasteiger partial charge is 0.434 e. The average molecular weight is 487 g/mol. The number of H-pyrrole nitrogens is 2. The Kier molecular flexibility index (Phi) is 5.79. The summed E-state index contributed by atoms with van der Waals surface area (Å²) in [6, 6.07) is 9.80. The molecule has 12 heteroatoms. The summed E-state index contributed by atoms with van der Waals surface area (Å²) in [7, 11) is 0. The molecule has 0 amide bonds. The third-order valence-electron chi connectivity index (χ3n) is 4.89. The predicted octanol–water partition coefficient (Wildman–Crippen LogP) is 2.97. The summed E-state index contributed by atoms with van der Waals surface area (Å²) in [4.78, 5) is 37.9. The molecule has 4 N–H and O–H groups in total. The highest BCUT2D eigenvalue weighted by molar-refractivity contribution is 6.37. The van der Waals surface area contributed by atoms with Crippen LogP contribution in [0, 0.1) is 13.8 Å². The summed E-state index contributed by atoms with van der Waals surface area (Å²) in [5, 5.41) is 10.1. The van der Waals surface area contributed by atoms with Crippen molar-refractivity contribution in [3.63, 3.8) is 0 Å². The molecule has 0 unspecified atom stereocenters. The van der Waals surface area contributed by atoms with Crippen LogP contribution < -0.4 is 27.3 Å². The van der Waals surface area contributed by atoms with Gasteiger partial charge < -0.3 is 10.5 Å². The van der Waals surface area contributed by atoms with Crippen molar-refractivity contribution in [2.45, 2.75) is 13.8 Å². The second-order valence-electron chi connectivity index (χ2n) is 7.14. The molecule has 0 aliphatic rings. The van der Waals surface area contributed by atoms with Crippen molar-refractivity contribution < 1.29 is 4.74 Å². The van der Waals surface area contributed by atoms with Gasteiger partial charge in [0.25, 0.3) is 11.1 Å². The lowest BCUT2D eigenvalue weighted by molar-refractivity contribution is 0.455. The number of aromatic amines is 2. The highest BCUT2D eigenvalue weighted by Gasteiger charge is 2.16. The van der Waals surface area contributed by atoms with Crippen LogP contribution in [-0.4, -0.2) is 25.0 Å². The highest BCUT2D eigenvalue weighted by atomic mass is 35.5. The van der Waals surface area contributed by atoms with E-state index >= 15 is 0 Å². The van der Waals surface area contributed by atoms with E-state index in [2.05, 4.69) is 15.3 Å². The molecule has 33 heavy (non-hydrogen) atoms. The van der Waals surface area contributed by atoms with Gasteiger partial charge in [0, 0.05) is 6.07 Å². The van der Waals surface area contributed by atoms with Gasteiger partial charge in [0.1, 0.15) is 0 Å². The molecule has 10 nitrogen and oxygen atoms in total. The van der Waals surface area contributed by atoms with Gasteiger partial charge in [-0.1, -0.05) is 41.4 Å². The number of hydrogen-bond acceptors (Lipinski definition) is 7. The van der Waals surface area contributed by atoms with Gasteiger partial charge in [-0.05, 0) is 42.7 Å². The van der Waals surface area contributed by atoms with E-state index in [1.165, 1.54) is 18.2 Å². The Hall–Kier alpha value is -3.89. The Morgan fingerprint density at radius 1 is 0.970 bits per heavy atom. The van der Waals surface area contributed by atoms with Crippen molar-refractivity contribution in [1.29, 1.82) is 0 Å². The van der Waals surface area contributed by atoms with Gasteiger partial charge in [-0.2, -0.15) is 4.68 Å². The third kappa shape index (κ3) is 4.38. The van der Waals surface area contributed by atoms with Crippen LogP contribution in [0.3, 0.4) is 0 Å². The van der Waals surface area contributed by atoms with Gasteiger partial charge in [-0.15, -0.1) is 10.2 Å². The number of aryl methyl sites for hydroxylation is 2. The van der Waals surface area contributed by atoms with Crippen LogP contribution in [0.15, 0.2) is 50.8 Å². The number of aromatic nitrogens is 5. The number of rotatable bonds is 4. The van der Waals surface area contributed by atoms with Crippen molar-refractivity contribution in [3.05, 3.63) is 88.8 Å². The summed E-state index contributed by atoms with van der Waals surface area (Å²) >= 11 is 12.7. The van der Waals surface area contributed by atoms with E-state index in [0.717, 1.165) is 15.8 Å². The molecular formula is C21H16Cl2N6O4. The Morgan fingerprint density at radius 3 is 2.33 bits per heavy atom. The van der Waals surface area contributed by atoms with Crippen LogP contribution in [0.2, 0.25) is 10.0 Å².